The van der Waals surface area contributed by atoms with E-state index in [2.05, 4.69) is 10.1 Å². The molecule has 3 aromatic rings. The van der Waals surface area contributed by atoms with Gasteiger partial charge in [0.1, 0.15) is 0 Å². The first-order valence-corrected chi connectivity index (χ1v) is 5.84. The summed E-state index contributed by atoms with van der Waals surface area (Å²) in [7, 11) is 3.23. The first kappa shape index (κ1) is 14.1. The molecule has 0 aliphatic heterocycles. The van der Waals surface area contributed by atoms with E-state index in [1.54, 1.807) is 25.1 Å². The summed E-state index contributed by atoms with van der Waals surface area (Å²) >= 11 is 0. The van der Waals surface area contributed by atoms with Crippen LogP contribution < -0.4 is 9.47 Å². The van der Waals surface area contributed by atoms with Crippen molar-refractivity contribution in [3.63, 3.8) is 0 Å². The Morgan fingerprint density at radius 2 is 1.80 bits per heavy atom. The lowest BCUT2D eigenvalue weighted by Gasteiger charge is -2.05. The number of methoxy groups -OCH3 is 2. The maximum absolute atomic E-state index is 5.28. The van der Waals surface area contributed by atoms with Gasteiger partial charge in [-0.2, -0.15) is 5.10 Å². The van der Waals surface area contributed by atoms with E-state index in [9.17, 15) is 0 Å². The van der Waals surface area contributed by atoms with E-state index in [-0.39, 0.29) is 12.4 Å². The van der Waals surface area contributed by atoms with Crippen molar-refractivity contribution in [2.24, 2.45) is 0 Å². The summed E-state index contributed by atoms with van der Waals surface area (Å²) in [6, 6.07) is 9.46. The Kier molecular flexibility index (Phi) is 4.10. The molecule has 0 spiro atoms. The topological polar surface area (TPSA) is 49.2 Å². The van der Waals surface area contributed by atoms with E-state index in [0.29, 0.717) is 11.5 Å². The maximum Gasteiger partial charge on any atom is 0.162 e. The first-order valence-electron chi connectivity index (χ1n) is 5.84. The largest absolute Gasteiger partial charge is 0.493 e. The molecule has 0 saturated carbocycles. The molecule has 0 amide bonds. The van der Waals surface area contributed by atoms with Gasteiger partial charge < -0.3 is 9.47 Å². The molecule has 20 heavy (non-hydrogen) atoms. The summed E-state index contributed by atoms with van der Waals surface area (Å²) in [5.41, 5.74) is 0.836. The Morgan fingerprint density at radius 3 is 2.45 bits per heavy atom. The number of hydrogen-bond acceptors (Lipinski definition) is 4. The number of benzene rings is 1. The van der Waals surface area contributed by atoms with Crippen LogP contribution in [0.5, 0.6) is 11.5 Å². The fraction of sp³-hybridized carbons (Fsp3) is 0.143. The second kappa shape index (κ2) is 5.79. The standard InChI is InChI=1S/C14H13N3O2.ClH/c1-18-12-7-10-9-17(14-5-3-4-6-15-14)16-11(10)8-13(12)19-2;/h3-9H,1-2H3;1H. The first-order chi connectivity index (χ1) is 9.31. The molecule has 6 heteroatoms. The maximum atomic E-state index is 5.28. The van der Waals surface area contributed by atoms with Crippen LogP contribution >= 0.6 is 12.4 Å². The quantitative estimate of drug-likeness (QED) is 0.744. The molecule has 5 nitrogen and oxygen atoms in total. The van der Waals surface area contributed by atoms with Crippen LogP contribution in [-0.4, -0.2) is 29.0 Å². The van der Waals surface area contributed by atoms with Gasteiger partial charge in [0.05, 0.1) is 19.7 Å². The van der Waals surface area contributed by atoms with Crippen LogP contribution in [0.2, 0.25) is 0 Å². The highest BCUT2D eigenvalue weighted by Gasteiger charge is 2.09. The second-order valence-corrected chi connectivity index (χ2v) is 4.03. The zero-order chi connectivity index (χ0) is 13.2. The number of ether oxygens (including phenoxy) is 2. The molecule has 0 unspecified atom stereocenters. The molecule has 104 valence electrons. The Hall–Kier alpha value is -2.27. The van der Waals surface area contributed by atoms with Crippen molar-refractivity contribution in [2.75, 3.05) is 14.2 Å². The predicted molar refractivity (Wildman–Crippen MR) is 79.2 cm³/mol. The minimum atomic E-state index is 0. The van der Waals surface area contributed by atoms with Gasteiger partial charge in [0.25, 0.3) is 0 Å². The molecule has 0 fully saturated rings. The lowest BCUT2D eigenvalue weighted by molar-refractivity contribution is 0.356. The van der Waals surface area contributed by atoms with E-state index < -0.39 is 0 Å². The molecule has 0 atom stereocenters. The monoisotopic (exact) mass is 291 g/mol. The van der Waals surface area contributed by atoms with Gasteiger partial charge in [-0.3, -0.25) is 0 Å². The molecular weight excluding hydrogens is 278 g/mol. The van der Waals surface area contributed by atoms with Crippen LogP contribution in [0.1, 0.15) is 0 Å². The molecule has 2 aromatic heterocycles. The number of pyridine rings is 1. The molecule has 0 aliphatic rings. The van der Waals surface area contributed by atoms with Gasteiger partial charge in [0.15, 0.2) is 17.3 Å². The van der Waals surface area contributed by atoms with E-state index in [1.807, 2.05) is 36.5 Å². The lowest BCUT2D eigenvalue weighted by Crippen LogP contribution is -1.96. The zero-order valence-electron chi connectivity index (χ0n) is 11.1. The molecule has 0 radical (unpaired) electrons. The Labute approximate surface area is 122 Å². The van der Waals surface area contributed by atoms with Crippen LogP contribution in [0, 0.1) is 0 Å². The summed E-state index contributed by atoms with van der Waals surface area (Å²) in [6.45, 7) is 0. The lowest BCUT2D eigenvalue weighted by atomic mass is 10.2. The molecule has 0 saturated heterocycles. The van der Waals surface area contributed by atoms with Crippen molar-refractivity contribution in [2.45, 2.75) is 0 Å². The van der Waals surface area contributed by atoms with Crippen molar-refractivity contribution in [3.8, 4) is 17.3 Å². The number of fused-ring (bicyclic) bond motifs is 1. The highest BCUT2D eigenvalue weighted by atomic mass is 35.5. The van der Waals surface area contributed by atoms with Gasteiger partial charge in [0, 0.05) is 23.8 Å². The Morgan fingerprint density at radius 1 is 1.05 bits per heavy atom. The SMILES string of the molecule is COc1cc2cn(-c3ccccn3)nc2cc1OC.Cl. The smallest absolute Gasteiger partial charge is 0.162 e. The zero-order valence-corrected chi connectivity index (χ0v) is 11.9. The number of nitrogens with zero attached hydrogens (tertiary/aromatic N) is 3. The van der Waals surface area contributed by atoms with Crippen molar-refractivity contribution >= 4 is 23.3 Å². The van der Waals surface area contributed by atoms with Crippen LogP contribution in [0.15, 0.2) is 42.7 Å². The predicted octanol–water partition coefficient (Wildman–Crippen LogP) is 2.86. The van der Waals surface area contributed by atoms with Crippen LogP contribution in [0.25, 0.3) is 16.7 Å². The summed E-state index contributed by atoms with van der Waals surface area (Å²) < 4.78 is 12.3. The van der Waals surface area contributed by atoms with Gasteiger partial charge in [0.2, 0.25) is 0 Å². The van der Waals surface area contributed by atoms with Gasteiger partial charge in [-0.15, -0.1) is 12.4 Å². The molecule has 1 aromatic carbocycles. The summed E-state index contributed by atoms with van der Waals surface area (Å²) in [4.78, 5) is 4.27. The third-order valence-electron chi connectivity index (χ3n) is 2.89. The third kappa shape index (κ3) is 2.40. The summed E-state index contributed by atoms with van der Waals surface area (Å²) in [6.07, 6.45) is 3.66. The second-order valence-electron chi connectivity index (χ2n) is 4.03. The summed E-state index contributed by atoms with van der Waals surface area (Å²) in [5.74, 6) is 2.13. The van der Waals surface area contributed by atoms with Crippen LogP contribution in [-0.2, 0) is 0 Å². The number of halogens is 1. The molecule has 0 bridgehead atoms. The minimum Gasteiger partial charge on any atom is -0.493 e. The van der Waals surface area contributed by atoms with Gasteiger partial charge >= 0.3 is 0 Å². The molecule has 0 aliphatic carbocycles. The number of rotatable bonds is 3. The molecule has 2 heterocycles. The van der Waals surface area contributed by atoms with E-state index in [0.717, 1.165) is 16.7 Å². The average molecular weight is 292 g/mol. The number of hydrogen-bond donors (Lipinski definition) is 0. The molecule has 3 rings (SSSR count). The van der Waals surface area contributed by atoms with Crippen LogP contribution in [0.3, 0.4) is 0 Å². The van der Waals surface area contributed by atoms with E-state index in [1.165, 1.54) is 0 Å². The summed E-state index contributed by atoms with van der Waals surface area (Å²) in [5, 5.41) is 5.46. The van der Waals surface area contributed by atoms with Crippen molar-refractivity contribution in [1.82, 2.24) is 14.8 Å². The van der Waals surface area contributed by atoms with Crippen molar-refractivity contribution in [1.29, 1.82) is 0 Å². The highest BCUT2D eigenvalue weighted by Crippen LogP contribution is 2.31. The highest BCUT2D eigenvalue weighted by molar-refractivity contribution is 5.85. The van der Waals surface area contributed by atoms with Gasteiger partial charge in [-0.1, -0.05) is 6.07 Å². The normalized spacial score (nSPS) is 10.1. The van der Waals surface area contributed by atoms with Gasteiger partial charge in [-0.25, -0.2) is 9.67 Å². The van der Waals surface area contributed by atoms with E-state index >= 15 is 0 Å². The third-order valence-corrected chi connectivity index (χ3v) is 2.89. The Balaban J connectivity index is 0.00000147. The van der Waals surface area contributed by atoms with Crippen LogP contribution in [0.4, 0.5) is 0 Å². The van der Waals surface area contributed by atoms with Gasteiger partial charge in [-0.05, 0) is 18.2 Å². The fourth-order valence-electron chi connectivity index (χ4n) is 1.96. The molecule has 0 N–H and O–H groups in total. The number of aromatic nitrogens is 3. The minimum absolute atomic E-state index is 0. The van der Waals surface area contributed by atoms with Crippen molar-refractivity contribution in [3.05, 3.63) is 42.7 Å². The van der Waals surface area contributed by atoms with Crippen molar-refractivity contribution < 1.29 is 9.47 Å². The fourth-order valence-corrected chi connectivity index (χ4v) is 1.96. The Bertz CT molecular complexity index is 672. The molecular formula is C14H14ClN3O2. The average Bonchev–Trinajstić information content (AvgIpc) is 2.89. The van der Waals surface area contributed by atoms with E-state index in [4.69, 9.17) is 9.47 Å².